The number of hydrogen-bond donors (Lipinski definition) is 0. The Balaban J connectivity index is 1.22. The molecule has 3 aliphatic heterocycles. The third-order valence-electron chi connectivity index (χ3n) is 8.64. The molecule has 2 fully saturated rings. The lowest BCUT2D eigenvalue weighted by Gasteiger charge is -2.30. The summed E-state index contributed by atoms with van der Waals surface area (Å²) in [5.74, 6) is 0.398. The highest BCUT2D eigenvalue weighted by atomic mass is 35.5. The molecular weight excluding hydrogens is 600 g/mol. The topological polar surface area (TPSA) is 123 Å². The molecule has 0 radical (unpaired) electrons. The first kappa shape index (κ1) is 29.7. The van der Waals surface area contributed by atoms with Gasteiger partial charge in [0, 0.05) is 40.3 Å². The van der Waals surface area contributed by atoms with Crippen molar-refractivity contribution in [3.63, 3.8) is 0 Å². The first-order valence-electron chi connectivity index (χ1n) is 14.1. The highest BCUT2D eigenvalue weighted by molar-refractivity contribution is 7.88. The van der Waals surface area contributed by atoms with Crippen LogP contribution in [0.1, 0.15) is 25.1 Å². The van der Waals surface area contributed by atoms with Gasteiger partial charge in [-0.15, -0.1) is 6.58 Å². The van der Waals surface area contributed by atoms with Crippen molar-refractivity contribution in [1.82, 2.24) is 28.6 Å². The number of aromatic nitrogens is 5. The molecule has 0 spiro atoms. The summed E-state index contributed by atoms with van der Waals surface area (Å²) >= 11 is 6.69. The molecule has 42 heavy (non-hydrogen) atoms. The van der Waals surface area contributed by atoms with Crippen LogP contribution >= 0.6 is 11.6 Å². The van der Waals surface area contributed by atoms with E-state index in [-0.39, 0.29) is 42.5 Å². The number of nitrogens with zero attached hydrogens (tertiary/aromatic N) is 6. The van der Waals surface area contributed by atoms with Gasteiger partial charge < -0.3 is 18.9 Å². The Hall–Kier alpha value is -2.33. The number of imidazole rings is 1. The van der Waals surface area contributed by atoms with Crippen LogP contribution in [0.4, 0.5) is 0 Å². The molecule has 0 unspecified atom stereocenters. The van der Waals surface area contributed by atoms with Crippen LogP contribution in [0.15, 0.2) is 24.9 Å². The Labute approximate surface area is 252 Å². The van der Waals surface area contributed by atoms with Crippen LogP contribution in [-0.4, -0.2) is 96.3 Å². The van der Waals surface area contributed by atoms with Crippen LogP contribution < -0.4 is 4.74 Å². The van der Waals surface area contributed by atoms with E-state index >= 15 is 0 Å². The van der Waals surface area contributed by atoms with Gasteiger partial charge in [-0.05, 0) is 11.1 Å². The van der Waals surface area contributed by atoms with E-state index in [4.69, 9.17) is 40.5 Å². The van der Waals surface area contributed by atoms with E-state index in [0.717, 1.165) is 5.56 Å². The number of fused-ring (bicyclic) bond motifs is 3. The standard InChI is InChI=1S/C27H37ClN6O6SSi/c1-7-8-33-19-9-17(28)25(34-11-16-10-32(41(4,35)36)12-18(16)31-34)29-24(19)30-26(33)40-21-14-38-22-20(13-37-23(21)22)39-15-27(2,3)42(5)6/h7,9,11,20-23,42H,1,8,10,12-15H2,2-6H3/t20-,21-,22+,23-/m1/s1. The molecule has 0 aliphatic carbocycles. The minimum Gasteiger partial charge on any atom is -0.456 e. The van der Waals surface area contributed by atoms with Gasteiger partial charge in [0.05, 0.1) is 42.2 Å². The first-order chi connectivity index (χ1) is 19.9. The Bertz CT molecular complexity index is 1600. The molecule has 12 nitrogen and oxygen atoms in total. The average molecular weight is 637 g/mol. The maximum Gasteiger partial charge on any atom is 0.299 e. The fourth-order valence-corrected chi connectivity index (χ4v) is 6.71. The molecule has 0 amide bonds. The Morgan fingerprint density at radius 1 is 1.19 bits per heavy atom. The van der Waals surface area contributed by atoms with Crippen LogP contribution in [0.2, 0.25) is 23.2 Å². The molecule has 0 saturated carbocycles. The lowest BCUT2D eigenvalue weighted by Crippen LogP contribution is -2.37. The molecule has 3 aromatic rings. The maximum atomic E-state index is 11.9. The SMILES string of the molecule is C=CCn1c(O[C@@H]2CO[C@@H]3[C@@H]2OC[C@H]3OCC(C)(C)[SiH](C)C)nc2nc(-n3cc4c(n3)CN(S(C)(=O)=O)C4)c(Cl)cc21. The summed E-state index contributed by atoms with van der Waals surface area (Å²) in [6, 6.07) is 2.15. The van der Waals surface area contributed by atoms with Gasteiger partial charge in [-0.25, -0.2) is 18.1 Å². The van der Waals surface area contributed by atoms with Gasteiger partial charge in [0.1, 0.15) is 18.3 Å². The van der Waals surface area contributed by atoms with E-state index in [1.807, 2.05) is 4.57 Å². The predicted molar refractivity (Wildman–Crippen MR) is 161 cm³/mol. The lowest BCUT2D eigenvalue weighted by atomic mass is 10.1. The summed E-state index contributed by atoms with van der Waals surface area (Å²) in [6.45, 7) is 15.5. The molecule has 0 N–H and O–H groups in total. The van der Waals surface area contributed by atoms with E-state index in [1.165, 1.54) is 10.6 Å². The summed E-state index contributed by atoms with van der Waals surface area (Å²) < 4.78 is 53.6. The molecule has 3 aliphatic rings. The van der Waals surface area contributed by atoms with Gasteiger partial charge in [-0.1, -0.05) is 44.6 Å². The van der Waals surface area contributed by atoms with E-state index in [1.54, 1.807) is 23.0 Å². The monoisotopic (exact) mass is 636 g/mol. The number of ether oxygens (including phenoxy) is 4. The third-order valence-corrected chi connectivity index (χ3v) is 13.4. The number of hydrogen-bond acceptors (Lipinski definition) is 9. The van der Waals surface area contributed by atoms with E-state index in [9.17, 15) is 8.42 Å². The molecular formula is C27H37ClN6O6SSi. The van der Waals surface area contributed by atoms with Gasteiger partial charge in [0.2, 0.25) is 10.0 Å². The van der Waals surface area contributed by atoms with Gasteiger partial charge in [0.25, 0.3) is 6.01 Å². The minimum absolute atomic E-state index is 0.133. The zero-order valence-electron chi connectivity index (χ0n) is 24.5. The third kappa shape index (κ3) is 5.42. The van der Waals surface area contributed by atoms with Crippen LogP contribution in [0, 0.1) is 0 Å². The van der Waals surface area contributed by atoms with Crippen LogP contribution in [0.5, 0.6) is 6.01 Å². The van der Waals surface area contributed by atoms with Gasteiger partial charge in [0.15, 0.2) is 17.6 Å². The molecule has 0 aromatic carbocycles. The highest BCUT2D eigenvalue weighted by Gasteiger charge is 2.50. The minimum atomic E-state index is -3.31. The predicted octanol–water partition coefficient (Wildman–Crippen LogP) is 2.93. The Kier molecular flexibility index (Phi) is 7.78. The van der Waals surface area contributed by atoms with Crippen molar-refractivity contribution in [2.75, 3.05) is 26.1 Å². The van der Waals surface area contributed by atoms with Crippen molar-refractivity contribution in [2.45, 2.75) is 76.0 Å². The summed E-state index contributed by atoms with van der Waals surface area (Å²) in [4.78, 5) is 9.42. The summed E-state index contributed by atoms with van der Waals surface area (Å²) in [5, 5.41) is 5.12. The fourth-order valence-electron chi connectivity index (χ4n) is 5.31. The molecule has 0 bridgehead atoms. The van der Waals surface area contributed by atoms with Crippen molar-refractivity contribution in [1.29, 1.82) is 0 Å². The number of rotatable bonds is 10. The van der Waals surface area contributed by atoms with Crippen molar-refractivity contribution in [3.8, 4) is 11.8 Å². The van der Waals surface area contributed by atoms with E-state index in [0.29, 0.717) is 60.1 Å². The quantitative estimate of drug-likeness (QED) is 0.244. The summed E-state index contributed by atoms with van der Waals surface area (Å²) in [5.41, 5.74) is 2.60. The van der Waals surface area contributed by atoms with E-state index < -0.39 is 18.8 Å². The van der Waals surface area contributed by atoms with Crippen LogP contribution in [0.25, 0.3) is 17.0 Å². The largest absolute Gasteiger partial charge is 0.456 e. The van der Waals surface area contributed by atoms with Gasteiger partial charge in [-0.2, -0.15) is 14.4 Å². The molecule has 6 heterocycles. The van der Waals surface area contributed by atoms with Crippen LogP contribution in [-0.2, 0) is 43.9 Å². The molecule has 15 heteroatoms. The van der Waals surface area contributed by atoms with Gasteiger partial charge >= 0.3 is 0 Å². The van der Waals surface area contributed by atoms with Crippen molar-refractivity contribution >= 4 is 41.6 Å². The van der Waals surface area contributed by atoms with Gasteiger partial charge in [-0.3, -0.25) is 4.57 Å². The second-order valence-electron chi connectivity index (χ2n) is 12.3. The number of halogens is 1. The number of sulfonamides is 1. The Morgan fingerprint density at radius 3 is 2.57 bits per heavy atom. The molecule has 4 atom stereocenters. The molecule has 2 saturated heterocycles. The number of allylic oxidation sites excluding steroid dienone is 1. The van der Waals surface area contributed by atoms with Crippen LogP contribution in [0.3, 0.4) is 0 Å². The fraction of sp³-hybridized carbons (Fsp3) is 0.593. The maximum absolute atomic E-state index is 11.9. The second kappa shape index (κ2) is 11.0. The first-order valence-corrected chi connectivity index (χ1v) is 19.2. The highest BCUT2D eigenvalue weighted by Crippen LogP contribution is 2.36. The molecule has 228 valence electrons. The zero-order chi connectivity index (χ0) is 30.0. The average Bonchev–Trinajstić information content (AvgIpc) is 3.70. The number of pyridine rings is 1. The Morgan fingerprint density at radius 2 is 1.90 bits per heavy atom. The van der Waals surface area contributed by atoms with E-state index in [2.05, 4.69) is 38.6 Å². The van der Waals surface area contributed by atoms with Crippen molar-refractivity contribution < 1.29 is 27.4 Å². The zero-order valence-corrected chi connectivity index (χ0v) is 27.2. The summed E-state index contributed by atoms with van der Waals surface area (Å²) in [7, 11) is -4.20. The normalized spacial score (nSPS) is 24.5. The second-order valence-corrected chi connectivity index (χ2v) is 18.5. The summed E-state index contributed by atoms with van der Waals surface area (Å²) in [6.07, 6.45) is 3.74. The smallest absolute Gasteiger partial charge is 0.299 e. The lowest BCUT2D eigenvalue weighted by molar-refractivity contribution is -0.0420. The van der Waals surface area contributed by atoms with Crippen molar-refractivity contribution in [2.24, 2.45) is 0 Å². The molecule has 6 rings (SSSR count). The van der Waals surface area contributed by atoms with Crippen molar-refractivity contribution in [3.05, 3.63) is 41.2 Å². The molecule has 3 aromatic heterocycles.